The van der Waals surface area contributed by atoms with E-state index in [-0.39, 0.29) is 23.9 Å². The number of fused-ring (bicyclic) bond motifs is 1. The first-order valence-corrected chi connectivity index (χ1v) is 8.19. The maximum absolute atomic E-state index is 12.3. The first-order valence-electron chi connectivity index (χ1n) is 8.19. The zero-order valence-electron chi connectivity index (χ0n) is 14.0. The third kappa shape index (κ3) is 4.47. The summed E-state index contributed by atoms with van der Waals surface area (Å²) in [5.41, 5.74) is 0.940. The van der Waals surface area contributed by atoms with Crippen molar-refractivity contribution >= 4 is 29.1 Å². The van der Waals surface area contributed by atoms with Gasteiger partial charge in [0.2, 0.25) is 5.91 Å². The van der Waals surface area contributed by atoms with E-state index in [2.05, 4.69) is 34.9 Å². The molecule has 1 heterocycles. The van der Waals surface area contributed by atoms with E-state index in [1.807, 2.05) is 18.2 Å². The number of ether oxygens (including phenoxy) is 1. The monoisotopic (exact) mass is 348 g/mol. The molecule has 1 saturated heterocycles. The molecule has 1 fully saturated rings. The van der Waals surface area contributed by atoms with Gasteiger partial charge in [0.25, 0.3) is 0 Å². The molecule has 3 rings (SSSR count). The largest absolute Gasteiger partial charge is 0.383 e. The molecular formula is C19H25ClN2O2. The second-order valence-corrected chi connectivity index (χ2v) is 6.38. The molecule has 0 aromatic heterocycles. The summed E-state index contributed by atoms with van der Waals surface area (Å²) in [7, 11) is 1.71. The Kier molecular flexibility index (Phi) is 6.60. The summed E-state index contributed by atoms with van der Waals surface area (Å²) in [4.78, 5) is 12.3. The van der Waals surface area contributed by atoms with Crippen LogP contribution in [0.4, 0.5) is 0 Å². The van der Waals surface area contributed by atoms with Gasteiger partial charge in [0.15, 0.2) is 0 Å². The van der Waals surface area contributed by atoms with Crippen LogP contribution in [0.1, 0.15) is 18.4 Å². The highest BCUT2D eigenvalue weighted by atomic mass is 35.5. The average Bonchev–Trinajstić information content (AvgIpc) is 3.02. The Labute approximate surface area is 149 Å². The Morgan fingerprint density at radius 3 is 2.75 bits per heavy atom. The summed E-state index contributed by atoms with van der Waals surface area (Å²) < 4.78 is 5.31. The zero-order chi connectivity index (χ0) is 16.1. The van der Waals surface area contributed by atoms with Gasteiger partial charge in [-0.2, -0.15) is 0 Å². The minimum absolute atomic E-state index is 0. The smallest absolute Gasteiger partial charge is 0.224 e. The van der Waals surface area contributed by atoms with Crippen LogP contribution in [0, 0.1) is 0 Å². The van der Waals surface area contributed by atoms with Crippen LogP contribution in [0.15, 0.2) is 42.5 Å². The lowest BCUT2D eigenvalue weighted by molar-refractivity contribution is -0.120. The van der Waals surface area contributed by atoms with E-state index in [1.165, 1.54) is 10.8 Å². The van der Waals surface area contributed by atoms with Crippen LogP contribution in [-0.4, -0.2) is 38.3 Å². The maximum atomic E-state index is 12.3. The van der Waals surface area contributed by atoms with Gasteiger partial charge in [-0.1, -0.05) is 42.5 Å². The van der Waals surface area contributed by atoms with Crippen molar-refractivity contribution in [2.24, 2.45) is 0 Å². The molecule has 2 N–H and O–H groups in total. The molecule has 2 aromatic carbocycles. The molecule has 1 aliphatic heterocycles. The summed E-state index contributed by atoms with van der Waals surface area (Å²) >= 11 is 0. The first-order chi connectivity index (χ1) is 11.2. The summed E-state index contributed by atoms with van der Waals surface area (Å²) in [6, 6.07) is 14.4. The molecule has 0 bridgehead atoms. The highest BCUT2D eigenvalue weighted by Crippen LogP contribution is 2.19. The van der Waals surface area contributed by atoms with Crippen molar-refractivity contribution in [3.05, 3.63) is 48.0 Å². The van der Waals surface area contributed by atoms with Crippen molar-refractivity contribution in [1.82, 2.24) is 10.6 Å². The van der Waals surface area contributed by atoms with E-state index in [0.717, 1.165) is 24.9 Å². The summed E-state index contributed by atoms with van der Waals surface area (Å²) in [6.07, 6.45) is 2.58. The van der Waals surface area contributed by atoms with Gasteiger partial charge in [0.05, 0.1) is 18.6 Å². The third-order valence-corrected chi connectivity index (χ3v) is 4.56. The topological polar surface area (TPSA) is 50.4 Å². The van der Waals surface area contributed by atoms with Crippen molar-refractivity contribution in [3.8, 4) is 0 Å². The third-order valence-electron chi connectivity index (χ3n) is 4.56. The van der Waals surface area contributed by atoms with Gasteiger partial charge in [0.1, 0.15) is 0 Å². The highest BCUT2D eigenvalue weighted by Gasteiger charge is 2.33. The molecule has 2 aromatic rings. The van der Waals surface area contributed by atoms with Gasteiger partial charge in [-0.15, -0.1) is 12.4 Å². The Morgan fingerprint density at radius 2 is 2.04 bits per heavy atom. The number of halogens is 1. The Hall–Kier alpha value is -1.62. The number of hydrogen-bond acceptors (Lipinski definition) is 3. The molecule has 0 spiro atoms. The average molecular weight is 349 g/mol. The van der Waals surface area contributed by atoms with Crippen molar-refractivity contribution in [1.29, 1.82) is 0 Å². The fraction of sp³-hybridized carbons (Fsp3) is 0.421. The van der Waals surface area contributed by atoms with Crippen LogP contribution in [0.3, 0.4) is 0 Å². The van der Waals surface area contributed by atoms with Gasteiger partial charge in [-0.3, -0.25) is 4.79 Å². The van der Waals surface area contributed by atoms with E-state index in [0.29, 0.717) is 19.6 Å². The van der Waals surface area contributed by atoms with Crippen LogP contribution in [0.25, 0.3) is 10.8 Å². The van der Waals surface area contributed by atoms with Crippen LogP contribution >= 0.6 is 12.4 Å². The van der Waals surface area contributed by atoms with E-state index in [4.69, 9.17) is 4.74 Å². The molecular weight excluding hydrogens is 324 g/mol. The molecule has 24 heavy (non-hydrogen) atoms. The Bertz CT molecular complexity index is 684. The summed E-state index contributed by atoms with van der Waals surface area (Å²) in [5.74, 6) is 0.0597. The fourth-order valence-electron chi connectivity index (χ4n) is 3.33. The summed E-state index contributed by atoms with van der Waals surface area (Å²) in [6.45, 7) is 2.24. The second kappa shape index (κ2) is 8.47. The predicted octanol–water partition coefficient (Wildman–Crippen LogP) is 2.69. The number of carbonyl (C=O) groups excluding carboxylic acids is 1. The molecule has 130 valence electrons. The van der Waals surface area contributed by atoms with Crippen LogP contribution in [0.2, 0.25) is 0 Å². The molecule has 1 atom stereocenters. The van der Waals surface area contributed by atoms with Gasteiger partial charge in [0, 0.05) is 13.7 Å². The first kappa shape index (κ1) is 18.7. The lowest BCUT2D eigenvalue weighted by Crippen LogP contribution is -2.53. The lowest BCUT2D eigenvalue weighted by atomic mass is 9.98. The number of hydrogen-bond donors (Lipinski definition) is 2. The SMILES string of the molecule is COCC1(CNC(=O)Cc2ccc3ccccc3c2)CCCN1.Cl. The van der Waals surface area contributed by atoms with Crippen molar-refractivity contribution < 1.29 is 9.53 Å². The highest BCUT2D eigenvalue weighted by molar-refractivity contribution is 5.86. The Morgan fingerprint density at radius 1 is 1.25 bits per heavy atom. The van der Waals surface area contributed by atoms with Crippen molar-refractivity contribution in [2.75, 3.05) is 26.8 Å². The second-order valence-electron chi connectivity index (χ2n) is 6.38. The van der Waals surface area contributed by atoms with Crippen LogP contribution in [0.5, 0.6) is 0 Å². The minimum atomic E-state index is -0.103. The van der Waals surface area contributed by atoms with Gasteiger partial charge < -0.3 is 15.4 Å². The molecule has 0 radical (unpaired) electrons. The Balaban J connectivity index is 0.00000208. The molecule has 0 saturated carbocycles. The molecule has 4 nitrogen and oxygen atoms in total. The van der Waals surface area contributed by atoms with Crippen LogP contribution < -0.4 is 10.6 Å². The van der Waals surface area contributed by atoms with Gasteiger partial charge in [-0.25, -0.2) is 0 Å². The minimum Gasteiger partial charge on any atom is -0.383 e. The molecule has 5 heteroatoms. The van der Waals surface area contributed by atoms with E-state index < -0.39 is 0 Å². The summed E-state index contributed by atoms with van der Waals surface area (Å²) in [5, 5.41) is 8.91. The normalized spacial score (nSPS) is 19.9. The van der Waals surface area contributed by atoms with Crippen molar-refractivity contribution in [3.63, 3.8) is 0 Å². The number of nitrogens with one attached hydrogen (secondary N) is 2. The number of methoxy groups -OCH3 is 1. The number of benzene rings is 2. The van der Waals surface area contributed by atoms with E-state index in [1.54, 1.807) is 7.11 Å². The molecule has 0 aliphatic carbocycles. The zero-order valence-corrected chi connectivity index (χ0v) is 14.8. The lowest BCUT2D eigenvalue weighted by Gasteiger charge is -2.29. The van der Waals surface area contributed by atoms with Crippen LogP contribution in [-0.2, 0) is 16.0 Å². The van der Waals surface area contributed by atoms with E-state index >= 15 is 0 Å². The van der Waals surface area contributed by atoms with Crippen molar-refractivity contribution in [2.45, 2.75) is 24.8 Å². The van der Waals surface area contributed by atoms with Gasteiger partial charge >= 0.3 is 0 Å². The number of rotatable bonds is 6. The number of amides is 1. The maximum Gasteiger partial charge on any atom is 0.224 e. The molecule has 1 aliphatic rings. The van der Waals surface area contributed by atoms with Gasteiger partial charge in [-0.05, 0) is 35.7 Å². The predicted molar refractivity (Wildman–Crippen MR) is 99.8 cm³/mol. The fourth-order valence-corrected chi connectivity index (χ4v) is 3.33. The standard InChI is InChI=1S/C19H24N2O2.ClH/c1-23-14-19(9-4-10-21-19)13-20-18(22)12-15-7-8-16-5-2-3-6-17(16)11-15;/h2-3,5-8,11,21H,4,9-10,12-14H2,1H3,(H,20,22);1H. The van der Waals surface area contributed by atoms with E-state index in [9.17, 15) is 4.79 Å². The number of carbonyl (C=O) groups is 1. The molecule has 1 amide bonds. The quantitative estimate of drug-likeness (QED) is 0.844. The molecule has 1 unspecified atom stereocenters.